The third-order valence-electron chi connectivity index (χ3n) is 4.89. The van der Waals surface area contributed by atoms with Gasteiger partial charge in [-0.05, 0) is 24.6 Å². The normalized spacial score (nSPS) is 10.9. The third-order valence-corrected chi connectivity index (χ3v) is 5.84. The van der Waals surface area contributed by atoms with E-state index in [2.05, 4.69) is 20.0 Å². The SMILES string of the molecule is COC(=O)CCn1c(=O)nc(Nc2nc3ccccc3s2)n(Cc2ccc(C)cc2)c1=O. The molecule has 0 radical (unpaired) electrons. The van der Waals surface area contributed by atoms with E-state index in [-0.39, 0.29) is 25.5 Å². The molecule has 2 aromatic heterocycles. The summed E-state index contributed by atoms with van der Waals surface area (Å²) in [6, 6.07) is 15.3. The van der Waals surface area contributed by atoms with Gasteiger partial charge >= 0.3 is 17.3 Å². The van der Waals surface area contributed by atoms with Crippen molar-refractivity contribution in [1.82, 2.24) is 19.1 Å². The number of carbonyl (C=O) groups is 1. The van der Waals surface area contributed by atoms with Crippen molar-refractivity contribution in [2.75, 3.05) is 12.4 Å². The molecule has 2 heterocycles. The van der Waals surface area contributed by atoms with Gasteiger partial charge in [-0.3, -0.25) is 9.36 Å². The summed E-state index contributed by atoms with van der Waals surface area (Å²) in [6.45, 7) is 2.05. The fourth-order valence-corrected chi connectivity index (χ4v) is 4.02. The van der Waals surface area contributed by atoms with E-state index in [4.69, 9.17) is 0 Å². The summed E-state index contributed by atoms with van der Waals surface area (Å²) in [4.78, 5) is 45.9. The van der Waals surface area contributed by atoms with Crippen molar-refractivity contribution in [3.05, 3.63) is 80.6 Å². The third kappa shape index (κ3) is 4.59. The van der Waals surface area contributed by atoms with E-state index in [1.54, 1.807) is 0 Å². The second-order valence-electron chi connectivity index (χ2n) is 7.16. The highest BCUT2D eigenvalue weighted by atomic mass is 32.1. The van der Waals surface area contributed by atoms with Crippen molar-refractivity contribution >= 4 is 38.6 Å². The molecule has 32 heavy (non-hydrogen) atoms. The van der Waals surface area contributed by atoms with Crippen LogP contribution in [0.5, 0.6) is 0 Å². The Morgan fingerprint density at radius 2 is 1.81 bits per heavy atom. The Morgan fingerprint density at radius 1 is 1.06 bits per heavy atom. The zero-order valence-electron chi connectivity index (χ0n) is 17.6. The van der Waals surface area contributed by atoms with Crippen molar-refractivity contribution < 1.29 is 9.53 Å². The van der Waals surface area contributed by atoms with Crippen LogP contribution in [0.2, 0.25) is 0 Å². The molecule has 1 N–H and O–H groups in total. The van der Waals surface area contributed by atoms with E-state index in [9.17, 15) is 14.4 Å². The smallest absolute Gasteiger partial charge is 0.354 e. The molecule has 0 amide bonds. The van der Waals surface area contributed by atoms with Gasteiger partial charge in [0.25, 0.3) is 0 Å². The first-order chi connectivity index (χ1) is 15.4. The second kappa shape index (κ2) is 9.15. The Balaban J connectivity index is 1.76. The van der Waals surface area contributed by atoms with Crippen LogP contribution in [0.4, 0.5) is 11.1 Å². The molecule has 2 aromatic carbocycles. The molecule has 0 atom stereocenters. The Kier molecular flexibility index (Phi) is 6.13. The molecular formula is C22H21N5O4S. The first-order valence-electron chi connectivity index (χ1n) is 9.91. The van der Waals surface area contributed by atoms with E-state index < -0.39 is 17.3 Å². The molecule has 164 valence electrons. The largest absolute Gasteiger partial charge is 0.469 e. The van der Waals surface area contributed by atoms with Crippen molar-refractivity contribution in [3.8, 4) is 0 Å². The number of hydrogen-bond donors (Lipinski definition) is 1. The molecule has 0 unspecified atom stereocenters. The van der Waals surface area contributed by atoms with Crippen molar-refractivity contribution in [2.45, 2.75) is 26.4 Å². The minimum atomic E-state index is -0.748. The first kappa shape index (κ1) is 21.4. The first-order valence-corrected chi connectivity index (χ1v) is 10.7. The lowest BCUT2D eigenvalue weighted by molar-refractivity contribution is -0.140. The lowest BCUT2D eigenvalue weighted by atomic mass is 10.1. The summed E-state index contributed by atoms with van der Waals surface area (Å²) in [5, 5.41) is 3.55. The summed E-state index contributed by atoms with van der Waals surface area (Å²) in [6.07, 6.45) is -0.109. The van der Waals surface area contributed by atoms with E-state index in [1.165, 1.54) is 23.0 Å². The fraction of sp³-hybridized carbons (Fsp3) is 0.227. The maximum Gasteiger partial charge on any atom is 0.354 e. The molecule has 9 nitrogen and oxygen atoms in total. The van der Waals surface area contributed by atoms with Gasteiger partial charge in [-0.1, -0.05) is 53.3 Å². The maximum atomic E-state index is 13.2. The van der Waals surface area contributed by atoms with Crippen LogP contribution in [0.3, 0.4) is 0 Å². The van der Waals surface area contributed by atoms with Crippen LogP contribution in [-0.2, 0) is 22.6 Å². The predicted octanol–water partition coefficient (Wildman–Crippen LogP) is 2.68. The number of anilines is 2. The summed E-state index contributed by atoms with van der Waals surface area (Å²) < 4.78 is 7.89. The number of esters is 1. The molecular weight excluding hydrogens is 430 g/mol. The molecule has 0 aliphatic carbocycles. The molecule has 0 spiro atoms. The van der Waals surface area contributed by atoms with E-state index in [0.29, 0.717) is 5.13 Å². The van der Waals surface area contributed by atoms with E-state index in [0.717, 1.165) is 25.9 Å². The highest BCUT2D eigenvalue weighted by Gasteiger charge is 2.16. The van der Waals surface area contributed by atoms with Gasteiger partial charge in [0.1, 0.15) is 0 Å². The molecule has 0 aliphatic rings. The highest BCUT2D eigenvalue weighted by molar-refractivity contribution is 7.22. The Bertz CT molecular complexity index is 1360. The van der Waals surface area contributed by atoms with Crippen LogP contribution in [-0.4, -0.2) is 32.2 Å². The molecule has 0 saturated carbocycles. The van der Waals surface area contributed by atoms with Crippen molar-refractivity contribution in [2.24, 2.45) is 0 Å². The zero-order chi connectivity index (χ0) is 22.7. The van der Waals surface area contributed by atoms with Gasteiger partial charge in [-0.2, -0.15) is 4.98 Å². The number of hydrogen-bond acceptors (Lipinski definition) is 8. The summed E-state index contributed by atoms with van der Waals surface area (Å²) in [5.41, 5.74) is 1.44. The van der Waals surface area contributed by atoms with Gasteiger partial charge < -0.3 is 10.1 Å². The molecule has 0 fully saturated rings. The minimum absolute atomic E-state index is 0.0916. The quantitative estimate of drug-likeness (QED) is 0.430. The van der Waals surface area contributed by atoms with E-state index >= 15 is 0 Å². The summed E-state index contributed by atoms with van der Waals surface area (Å²) in [7, 11) is 1.25. The molecule has 0 saturated heterocycles. The van der Waals surface area contributed by atoms with Crippen LogP contribution in [0.1, 0.15) is 17.5 Å². The Morgan fingerprint density at radius 3 is 2.53 bits per heavy atom. The van der Waals surface area contributed by atoms with Crippen molar-refractivity contribution in [1.29, 1.82) is 0 Å². The Labute approximate surface area is 187 Å². The van der Waals surface area contributed by atoms with Crippen LogP contribution < -0.4 is 16.7 Å². The average molecular weight is 452 g/mol. The molecule has 4 rings (SSSR count). The highest BCUT2D eigenvalue weighted by Crippen LogP contribution is 2.27. The monoisotopic (exact) mass is 451 g/mol. The number of nitrogens with zero attached hydrogens (tertiary/aromatic N) is 4. The number of nitrogens with one attached hydrogen (secondary N) is 1. The number of aromatic nitrogens is 4. The molecule has 0 aliphatic heterocycles. The number of aryl methyl sites for hydroxylation is 1. The predicted molar refractivity (Wildman–Crippen MR) is 123 cm³/mol. The fourth-order valence-electron chi connectivity index (χ4n) is 3.16. The number of benzene rings is 2. The van der Waals surface area contributed by atoms with Gasteiger partial charge in [-0.15, -0.1) is 0 Å². The van der Waals surface area contributed by atoms with Crippen LogP contribution in [0.15, 0.2) is 58.1 Å². The van der Waals surface area contributed by atoms with E-state index in [1.807, 2.05) is 55.5 Å². The lowest BCUT2D eigenvalue weighted by Gasteiger charge is -2.14. The number of fused-ring (bicyclic) bond motifs is 1. The average Bonchev–Trinajstić information content (AvgIpc) is 3.19. The number of carbonyl (C=O) groups excluding carboxylic acids is 1. The zero-order valence-corrected chi connectivity index (χ0v) is 18.4. The van der Waals surface area contributed by atoms with Gasteiger partial charge in [0, 0.05) is 6.54 Å². The van der Waals surface area contributed by atoms with Gasteiger partial charge in [-0.25, -0.2) is 19.1 Å². The van der Waals surface area contributed by atoms with Crippen LogP contribution in [0.25, 0.3) is 10.2 Å². The van der Waals surface area contributed by atoms with Gasteiger partial charge in [0.05, 0.1) is 30.3 Å². The number of methoxy groups -OCH3 is 1. The standard InChI is InChI=1S/C22H21N5O4S/c1-14-7-9-15(10-8-14)13-27-19(24-20-23-16-5-3-4-6-17(16)32-20)25-21(29)26(22(27)30)12-11-18(28)31-2/h3-10H,11-13H2,1-2H3,(H,23,24,25,29). The topological polar surface area (TPSA) is 108 Å². The van der Waals surface area contributed by atoms with Crippen molar-refractivity contribution in [3.63, 3.8) is 0 Å². The minimum Gasteiger partial charge on any atom is -0.469 e. The van der Waals surface area contributed by atoms with Gasteiger partial charge in [0.2, 0.25) is 5.95 Å². The number of rotatable bonds is 7. The maximum absolute atomic E-state index is 13.2. The molecule has 4 aromatic rings. The summed E-state index contributed by atoms with van der Waals surface area (Å²) >= 11 is 1.39. The number of ether oxygens (including phenoxy) is 1. The second-order valence-corrected chi connectivity index (χ2v) is 8.19. The van der Waals surface area contributed by atoms with Crippen LogP contribution in [0, 0.1) is 6.92 Å². The number of thiazole rings is 1. The Hall–Kier alpha value is -3.79. The van der Waals surface area contributed by atoms with Gasteiger partial charge in [0.15, 0.2) is 5.13 Å². The molecule has 10 heteroatoms. The number of para-hydroxylation sites is 1. The lowest BCUT2D eigenvalue weighted by Crippen LogP contribution is -2.43. The van der Waals surface area contributed by atoms with Crippen LogP contribution >= 0.6 is 11.3 Å². The molecule has 0 bridgehead atoms. The summed E-state index contributed by atoms with van der Waals surface area (Å²) in [5.74, 6) is -0.424.